The van der Waals surface area contributed by atoms with Crippen LogP contribution in [0.3, 0.4) is 0 Å². The van der Waals surface area contributed by atoms with Crippen molar-refractivity contribution in [2.75, 3.05) is 19.9 Å². The Morgan fingerprint density at radius 3 is 2.11 bits per heavy atom. The molecule has 2 N–H and O–H groups in total. The normalized spacial score (nSPS) is 18.3. The first-order valence-electron chi connectivity index (χ1n) is 13.7. The molecule has 0 saturated carbocycles. The summed E-state index contributed by atoms with van der Waals surface area (Å²) < 4.78 is 98.0. The van der Waals surface area contributed by atoms with Crippen LogP contribution in [0.25, 0.3) is 0 Å². The number of rotatable bonds is 9. The lowest BCUT2D eigenvalue weighted by molar-refractivity contribution is -0.376. The second-order valence-electron chi connectivity index (χ2n) is 10.5. The number of nitrogens with zero attached hydrogens (tertiary/aromatic N) is 1. The monoisotopic (exact) mass is 628 g/mol. The molecule has 44 heavy (non-hydrogen) atoms. The quantitative estimate of drug-likeness (QED) is 0.217. The van der Waals surface area contributed by atoms with Gasteiger partial charge in [-0.3, -0.25) is 9.69 Å². The van der Waals surface area contributed by atoms with E-state index in [-0.39, 0.29) is 49.7 Å². The Hall–Kier alpha value is -4.12. The van der Waals surface area contributed by atoms with Crippen LogP contribution >= 0.6 is 0 Å². The number of imide groups is 1. The fraction of sp³-hybridized carbons (Fsp3) is 0.467. The Kier molecular flexibility index (Phi) is 9.02. The molecule has 0 aromatic heterocycles. The predicted molar refractivity (Wildman–Crippen MR) is 144 cm³/mol. The average Bonchev–Trinajstić information content (AvgIpc) is 3.50. The van der Waals surface area contributed by atoms with Crippen molar-refractivity contribution in [1.29, 1.82) is 0 Å². The second kappa shape index (κ2) is 12.1. The zero-order chi connectivity index (χ0) is 32.5. The van der Waals surface area contributed by atoms with Gasteiger partial charge in [-0.15, -0.1) is 0 Å². The summed E-state index contributed by atoms with van der Waals surface area (Å²) in [5, 5.41) is 12.6. The highest BCUT2D eigenvalue weighted by atomic mass is 19.4. The minimum absolute atomic E-state index is 0.0347. The van der Waals surface area contributed by atoms with Crippen molar-refractivity contribution < 1.29 is 55.2 Å². The molecule has 0 aliphatic carbocycles. The number of alkyl halides is 6. The molecular weight excluding hydrogens is 598 g/mol. The van der Waals surface area contributed by atoms with Crippen LogP contribution < -0.4 is 19.5 Å². The Balaban J connectivity index is 1.53. The van der Waals surface area contributed by atoms with Gasteiger partial charge in [-0.25, -0.2) is 4.79 Å². The molecule has 8 nitrogen and oxygen atoms in total. The molecule has 1 fully saturated rings. The summed E-state index contributed by atoms with van der Waals surface area (Å²) in [6.45, 7) is 4.30. The number of ether oxygens (including phenoxy) is 3. The molecule has 1 atom stereocenters. The molecule has 2 aliphatic rings. The Morgan fingerprint density at radius 2 is 1.55 bits per heavy atom. The molecule has 1 unspecified atom stereocenters. The molecule has 14 heteroatoms. The van der Waals surface area contributed by atoms with E-state index in [4.69, 9.17) is 14.2 Å². The third-order valence-electron chi connectivity index (χ3n) is 7.40. The minimum atomic E-state index is -6.02. The Bertz CT molecular complexity index is 1450. The zero-order valence-electron chi connectivity index (χ0n) is 24.0. The third-order valence-corrected chi connectivity index (χ3v) is 7.40. The van der Waals surface area contributed by atoms with Gasteiger partial charge in [0.25, 0.3) is 11.5 Å². The SMILES string of the molecule is CCCc1cc(C(O)(C(F)(F)F)C(F)(F)F)cc(CCC)c1OCC#CCN1C(=O)NC(C)(c2ccc3c(c2)OCO3)C1=O. The van der Waals surface area contributed by atoms with Gasteiger partial charge >= 0.3 is 18.4 Å². The maximum Gasteiger partial charge on any atom is 0.430 e. The van der Waals surface area contributed by atoms with E-state index in [9.17, 15) is 41.0 Å². The van der Waals surface area contributed by atoms with Crippen molar-refractivity contribution >= 4 is 11.9 Å². The van der Waals surface area contributed by atoms with Gasteiger partial charge < -0.3 is 24.6 Å². The summed E-state index contributed by atoms with van der Waals surface area (Å²) in [5.41, 5.74) is -7.23. The molecule has 0 spiro atoms. The van der Waals surface area contributed by atoms with E-state index < -0.39 is 41.0 Å². The largest absolute Gasteiger partial charge is 0.480 e. The lowest BCUT2D eigenvalue weighted by Gasteiger charge is -2.33. The van der Waals surface area contributed by atoms with Crippen molar-refractivity contribution in [3.8, 4) is 29.1 Å². The van der Waals surface area contributed by atoms with Crippen LogP contribution in [-0.4, -0.2) is 54.2 Å². The first kappa shape index (κ1) is 32.8. The standard InChI is InChI=1S/C30H30F6N2O6/c1-4-8-18-14-21(28(41,29(31,32)33)30(34,35)36)15-19(9-5-2)24(18)42-13-7-6-12-38-25(39)27(3,37-26(38)40)20-10-11-22-23(16-20)44-17-43-22/h10-11,14-16,41H,4-5,8-9,12-13,17H2,1-3H3,(H,37,40). The number of carbonyl (C=O) groups excluding carboxylic acids is 2. The number of benzene rings is 2. The fourth-order valence-corrected chi connectivity index (χ4v) is 5.08. The van der Waals surface area contributed by atoms with Crippen LogP contribution in [0, 0.1) is 11.8 Å². The summed E-state index contributed by atoms with van der Waals surface area (Å²) in [5.74, 6) is 5.74. The van der Waals surface area contributed by atoms with E-state index in [2.05, 4.69) is 17.2 Å². The van der Waals surface area contributed by atoms with E-state index in [0.717, 1.165) is 4.90 Å². The van der Waals surface area contributed by atoms with E-state index in [0.29, 0.717) is 42.0 Å². The van der Waals surface area contributed by atoms with Gasteiger partial charge in [-0.2, -0.15) is 26.3 Å². The highest BCUT2D eigenvalue weighted by Gasteiger charge is 2.71. The Labute approximate surface area is 249 Å². The molecule has 1 saturated heterocycles. The van der Waals surface area contributed by atoms with Gasteiger partial charge in [-0.05, 0) is 60.7 Å². The van der Waals surface area contributed by atoms with Crippen LogP contribution in [0.2, 0.25) is 0 Å². The average molecular weight is 629 g/mol. The summed E-state index contributed by atoms with van der Waals surface area (Å²) in [6, 6.07) is 5.50. The van der Waals surface area contributed by atoms with E-state index in [1.807, 2.05) is 0 Å². The summed E-state index contributed by atoms with van der Waals surface area (Å²) in [6.07, 6.45) is -11.2. The molecule has 2 aliphatic heterocycles. The number of nitrogens with one attached hydrogen (secondary N) is 1. The summed E-state index contributed by atoms with van der Waals surface area (Å²) in [4.78, 5) is 26.7. The number of amides is 3. The highest BCUT2D eigenvalue weighted by molar-refractivity contribution is 6.07. The summed E-state index contributed by atoms with van der Waals surface area (Å²) >= 11 is 0. The highest BCUT2D eigenvalue weighted by Crippen LogP contribution is 2.51. The van der Waals surface area contributed by atoms with Crippen LogP contribution in [0.1, 0.15) is 55.9 Å². The van der Waals surface area contributed by atoms with E-state index in [1.54, 1.807) is 32.0 Å². The lowest BCUT2D eigenvalue weighted by atomic mass is 9.87. The number of aryl methyl sites for hydroxylation is 2. The minimum Gasteiger partial charge on any atom is -0.480 e. The number of hydrogen-bond acceptors (Lipinski definition) is 6. The summed E-state index contributed by atoms with van der Waals surface area (Å²) in [7, 11) is 0. The molecule has 0 bridgehead atoms. The molecule has 2 aromatic rings. The number of hydrogen-bond donors (Lipinski definition) is 2. The fourth-order valence-electron chi connectivity index (χ4n) is 5.08. The number of halogens is 6. The first-order valence-corrected chi connectivity index (χ1v) is 13.7. The molecule has 2 heterocycles. The van der Waals surface area contributed by atoms with Crippen LogP contribution in [0.4, 0.5) is 31.1 Å². The molecule has 238 valence electrons. The van der Waals surface area contributed by atoms with E-state index >= 15 is 0 Å². The number of carbonyl (C=O) groups is 2. The second-order valence-corrected chi connectivity index (χ2v) is 10.5. The zero-order valence-corrected chi connectivity index (χ0v) is 24.0. The van der Waals surface area contributed by atoms with Gasteiger partial charge in [0.05, 0.1) is 6.54 Å². The topological polar surface area (TPSA) is 97.3 Å². The molecule has 0 radical (unpaired) electrons. The predicted octanol–water partition coefficient (Wildman–Crippen LogP) is 5.48. The van der Waals surface area contributed by atoms with Crippen molar-refractivity contribution in [2.45, 2.75) is 69.9 Å². The maximum absolute atomic E-state index is 13.6. The van der Waals surface area contributed by atoms with Gasteiger partial charge in [0.1, 0.15) is 17.9 Å². The lowest BCUT2D eigenvalue weighted by Crippen LogP contribution is -2.54. The van der Waals surface area contributed by atoms with Crippen LogP contribution in [0.15, 0.2) is 30.3 Å². The smallest absolute Gasteiger partial charge is 0.430 e. The molecule has 3 amide bonds. The molecular formula is C30H30F6N2O6. The van der Waals surface area contributed by atoms with Gasteiger partial charge in [-0.1, -0.05) is 44.6 Å². The van der Waals surface area contributed by atoms with Crippen LogP contribution in [0.5, 0.6) is 17.2 Å². The Morgan fingerprint density at radius 1 is 0.955 bits per heavy atom. The number of fused-ring (bicyclic) bond motifs is 1. The van der Waals surface area contributed by atoms with Crippen molar-refractivity contribution in [1.82, 2.24) is 10.2 Å². The van der Waals surface area contributed by atoms with Gasteiger partial charge in [0.15, 0.2) is 11.5 Å². The van der Waals surface area contributed by atoms with Gasteiger partial charge in [0.2, 0.25) is 6.79 Å². The third kappa shape index (κ3) is 5.85. The van der Waals surface area contributed by atoms with Crippen molar-refractivity contribution in [3.63, 3.8) is 0 Å². The number of urea groups is 1. The van der Waals surface area contributed by atoms with E-state index in [1.165, 1.54) is 6.92 Å². The molecule has 4 rings (SSSR count). The van der Waals surface area contributed by atoms with Crippen molar-refractivity contribution in [2.24, 2.45) is 0 Å². The van der Waals surface area contributed by atoms with Crippen molar-refractivity contribution in [3.05, 3.63) is 52.6 Å². The molecule has 2 aromatic carbocycles. The maximum atomic E-state index is 13.6. The van der Waals surface area contributed by atoms with Gasteiger partial charge in [0, 0.05) is 5.56 Å². The van der Waals surface area contributed by atoms with Crippen LogP contribution in [-0.2, 0) is 28.8 Å². The number of aliphatic hydroxyl groups is 1. The first-order chi connectivity index (χ1) is 20.6.